The van der Waals surface area contributed by atoms with E-state index >= 15 is 0 Å². The minimum atomic E-state index is -0.820. The number of benzene rings is 1. The maximum absolute atomic E-state index is 13.7. The maximum Gasteiger partial charge on any atom is 0.163 e. The summed E-state index contributed by atoms with van der Waals surface area (Å²) in [5.41, 5.74) is 6.73. The highest BCUT2D eigenvalue weighted by molar-refractivity contribution is 5.22. The van der Waals surface area contributed by atoms with Gasteiger partial charge in [-0.25, -0.2) is 8.78 Å². The van der Waals surface area contributed by atoms with Crippen molar-refractivity contribution in [2.24, 2.45) is 11.1 Å². The van der Waals surface area contributed by atoms with E-state index in [-0.39, 0.29) is 5.56 Å². The van der Waals surface area contributed by atoms with Crippen LogP contribution in [0, 0.1) is 17.0 Å². The van der Waals surface area contributed by atoms with E-state index in [9.17, 15) is 8.78 Å². The highest BCUT2D eigenvalue weighted by atomic mass is 19.2. The Hall–Kier alpha value is -1.00. The molecule has 1 saturated heterocycles. The molecule has 1 aliphatic heterocycles. The van der Waals surface area contributed by atoms with Crippen LogP contribution in [0.4, 0.5) is 8.78 Å². The van der Waals surface area contributed by atoms with Crippen LogP contribution in [-0.4, -0.2) is 24.5 Å². The van der Waals surface area contributed by atoms with Crippen molar-refractivity contribution in [2.45, 2.75) is 45.6 Å². The van der Waals surface area contributed by atoms with Crippen molar-refractivity contribution in [3.8, 4) is 0 Å². The molecule has 21 heavy (non-hydrogen) atoms. The summed E-state index contributed by atoms with van der Waals surface area (Å²) in [6.07, 6.45) is 4.27. The molecule has 0 spiro atoms. The van der Waals surface area contributed by atoms with E-state index in [4.69, 9.17) is 5.73 Å². The normalized spacial score (nSPS) is 21.0. The smallest absolute Gasteiger partial charge is 0.163 e. The number of hydrogen-bond acceptors (Lipinski definition) is 2. The van der Waals surface area contributed by atoms with Gasteiger partial charge < -0.3 is 10.6 Å². The summed E-state index contributed by atoms with van der Waals surface area (Å²) < 4.78 is 26.9. The van der Waals surface area contributed by atoms with Crippen LogP contribution in [0.25, 0.3) is 0 Å². The fourth-order valence-electron chi connectivity index (χ4n) is 2.99. The molecule has 1 aliphatic rings. The number of halogens is 2. The third-order valence-electron chi connectivity index (χ3n) is 4.57. The second kappa shape index (κ2) is 6.84. The van der Waals surface area contributed by atoms with E-state index in [2.05, 4.69) is 18.7 Å². The van der Waals surface area contributed by atoms with E-state index in [1.54, 1.807) is 6.07 Å². The van der Waals surface area contributed by atoms with E-state index in [0.717, 1.165) is 25.7 Å². The molecule has 2 rings (SSSR count). The van der Waals surface area contributed by atoms with Crippen molar-refractivity contribution in [2.75, 3.05) is 19.6 Å². The van der Waals surface area contributed by atoms with Crippen molar-refractivity contribution >= 4 is 0 Å². The number of rotatable bonds is 4. The number of nitrogens with zero attached hydrogens (tertiary/aromatic N) is 1. The molecule has 1 atom stereocenters. The molecule has 2 nitrogen and oxygen atoms in total. The molecular formula is C17H26F2N2. The van der Waals surface area contributed by atoms with E-state index < -0.39 is 17.7 Å². The van der Waals surface area contributed by atoms with Gasteiger partial charge in [0.2, 0.25) is 0 Å². The molecule has 1 aromatic carbocycles. The van der Waals surface area contributed by atoms with Gasteiger partial charge in [-0.15, -0.1) is 0 Å². The number of hydrogen-bond donors (Lipinski definition) is 1. The lowest BCUT2D eigenvalue weighted by atomic mass is 9.85. The molecule has 1 aromatic rings. The average molecular weight is 296 g/mol. The summed E-state index contributed by atoms with van der Waals surface area (Å²) in [4.78, 5) is 2.39. The predicted octanol–water partition coefficient (Wildman–Crippen LogP) is 3.87. The van der Waals surface area contributed by atoms with E-state index in [1.165, 1.54) is 25.3 Å². The molecule has 0 bridgehead atoms. The summed E-state index contributed by atoms with van der Waals surface area (Å²) in [5.74, 6) is -1.62. The molecule has 2 N–H and O–H groups in total. The molecule has 0 aliphatic carbocycles. The second-order valence-corrected chi connectivity index (χ2v) is 6.90. The van der Waals surface area contributed by atoms with Crippen LogP contribution in [0.5, 0.6) is 0 Å². The molecule has 0 saturated carbocycles. The SMILES string of the molecule is CC1(C)CCCN(CCC(N)c2cccc(F)c2F)CC1. The van der Waals surface area contributed by atoms with Gasteiger partial charge in [-0.05, 0) is 56.8 Å². The van der Waals surface area contributed by atoms with Crippen molar-refractivity contribution in [1.29, 1.82) is 0 Å². The molecule has 0 amide bonds. The summed E-state index contributed by atoms with van der Waals surface area (Å²) in [6, 6.07) is 3.77. The monoisotopic (exact) mass is 296 g/mol. The van der Waals surface area contributed by atoms with E-state index in [1.807, 2.05) is 0 Å². The van der Waals surface area contributed by atoms with Crippen LogP contribution in [0.2, 0.25) is 0 Å². The standard InChI is InChI=1S/C17H26F2N2/c1-17(2)8-4-10-21(12-9-17)11-7-15(20)13-5-3-6-14(18)16(13)19/h3,5-6,15H,4,7-12,20H2,1-2H3. The summed E-state index contributed by atoms with van der Waals surface area (Å²) >= 11 is 0. The molecule has 118 valence electrons. The fraction of sp³-hybridized carbons (Fsp3) is 0.647. The van der Waals surface area contributed by atoms with Gasteiger partial charge in [0.1, 0.15) is 0 Å². The Morgan fingerprint density at radius 2 is 2.00 bits per heavy atom. The van der Waals surface area contributed by atoms with Crippen LogP contribution in [-0.2, 0) is 0 Å². The highest BCUT2D eigenvalue weighted by Crippen LogP contribution is 2.30. The zero-order valence-corrected chi connectivity index (χ0v) is 13.0. The minimum Gasteiger partial charge on any atom is -0.324 e. The summed E-state index contributed by atoms with van der Waals surface area (Å²) in [6.45, 7) is 7.59. The molecule has 1 fully saturated rings. The van der Waals surface area contributed by atoms with Crippen LogP contribution in [0.1, 0.15) is 51.1 Å². The van der Waals surface area contributed by atoms with Gasteiger partial charge in [-0.3, -0.25) is 0 Å². The molecular weight excluding hydrogens is 270 g/mol. The summed E-state index contributed by atoms with van der Waals surface area (Å²) in [5, 5.41) is 0. The van der Waals surface area contributed by atoms with Crippen molar-refractivity contribution in [3.63, 3.8) is 0 Å². The lowest BCUT2D eigenvalue weighted by molar-refractivity contribution is 0.254. The Kier molecular flexibility index (Phi) is 5.33. The molecule has 1 unspecified atom stereocenters. The predicted molar refractivity (Wildman–Crippen MR) is 82.0 cm³/mol. The Morgan fingerprint density at radius 1 is 1.24 bits per heavy atom. The highest BCUT2D eigenvalue weighted by Gasteiger charge is 2.23. The van der Waals surface area contributed by atoms with Crippen molar-refractivity contribution in [3.05, 3.63) is 35.4 Å². The van der Waals surface area contributed by atoms with Gasteiger partial charge in [0.15, 0.2) is 11.6 Å². The first kappa shape index (κ1) is 16.4. The van der Waals surface area contributed by atoms with Gasteiger partial charge in [-0.1, -0.05) is 26.0 Å². The van der Waals surface area contributed by atoms with Gasteiger partial charge in [0.25, 0.3) is 0 Å². The van der Waals surface area contributed by atoms with Gasteiger partial charge in [0.05, 0.1) is 0 Å². The molecule has 1 heterocycles. The first-order valence-electron chi connectivity index (χ1n) is 7.81. The van der Waals surface area contributed by atoms with Gasteiger partial charge >= 0.3 is 0 Å². The van der Waals surface area contributed by atoms with Crippen molar-refractivity contribution in [1.82, 2.24) is 4.90 Å². The van der Waals surface area contributed by atoms with Crippen LogP contribution < -0.4 is 5.73 Å². The third kappa shape index (κ3) is 4.48. The van der Waals surface area contributed by atoms with Crippen LogP contribution in [0.15, 0.2) is 18.2 Å². The van der Waals surface area contributed by atoms with Crippen LogP contribution in [0.3, 0.4) is 0 Å². The summed E-state index contributed by atoms with van der Waals surface area (Å²) in [7, 11) is 0. The largest absolute Gasteiger partial charge is 0.324 e. The zero-order chi connectivity index (χ0) is 15.5. The Morgan fingerprint density at radius 3 is 2.76 bits per heavy atom. The fourth-order valence-corrected chi connectivity index (χ4v) is 2.99. The van der Waals surface area contributed by atoms with Crippen molar-refractivity contribution < 1.29 is 8.78 Å². The Balaban J connectivity index is 1.89. The Labute approximate surface area is 126 Å². The molecule has 0 radical (unpaired) electrons. The lowest BCUT2D eigenvalue weighted by Crippen LogP contribution is -2.29. The van der Waals surface area contributed by atoms with Gasteiger partial charge in [0, 0.05) is 11.6 Å². The molecule has 0 aromatic heterocycles. The lowest BCUT2D eigenvalue weighted by Gasteiger charge is -2.24. The first-order chi connectivity index (χ1) is 9.89. The quantitative estimate of drug-likeness (QED) is 0.914. The van der Waals surface area contributed by atoms with Crippen LogP contribution >= 0.6 is 0 Å². The second-order valence-electron chi connectivity index (χ2n) is 6.90. The third-order valence-corrected chi connectivity index (χ3v) is 4.57. The number of likely N-dealkylation sites (tertiary alicyclic amines) is 1. The topological polar surface area (TPSA) is 29.3 Å². The Bertz CT molecular complexity index is 474. The minimum absolute atomic E-state index is 0.283. The average Bonchev–Trinajstić information content (AvgIpc) is 2.60. The first-order valence-corrected chi connectivity index (χ1v) is 7.81. The van der Waals surface area contributed by atoms with Gasteiger partial charge in [-0.2, -0.15) is 0 Å². The zero-order valence-electron chi connectivity index (χ0n) is 13.0. The maximum atomic E-state index is 13.7. The molecule has 4 heteroatoms. The van der Waals surface area contributed by atoms with E-state index in [0.29, 0.717) is 11.8 Å². The number of nitrogens with two attached hydrogens (primary N) is 1.